The first-order valence-corrected chi connectivity index (χ1v) is 7.03. The molecule has 1 aliphatic rings. The lowest BCUT2D eigenvalue weighted by Crippen LogP contribution is -2.40. The van der Waals surface area contributed by atoms with Gasteiger partial charge in [0.25, 0.3) is 5.91 Å². The van der Waals surface area contributed by atoms with Crippen molar-refractivity contribution in [1.29, 1.82) is 0 Å². The number of hydrogen-bond donors (Lipinski definition) is 2. The smallest absolute Gasteiger partial charge is 0.270 e. The number of pyridine rings is 1. The third kappa shape index (κ3) is 3.69. The van der Waals surface area contributed by atoms with E-state index < -0.39 is 0 Å². The predicted molar refractivity (Wildman–Crippen MR) is 77.2 cm³/mol. The molecule has 1 fully saturated rings. The van der Waals surface area contributed by atoms with Crippen LogP contribution in [0.4, 0.5) is 5.69 Å². The highest BCUT2D eigenvalue weighted by Gasteiger charge is 2.25. The molecular weight excluding hydrogens is 238 g/mol. The molecule has 2 atom stereocenters. The van der Waals surface area contributed by atoms with Crippen LogP contribution in [0.1, 0.15) is 43.6 Å². The van der Waals surface area contributed by atoms with E-state index in [4.69, 9.17) is 0 Å². The molecule has 0 saturated heterocycles. The number of carbonyl (C=O) groups is 1. The van der Waals surface area contributed by atoms with Crippen LogP contribution in [0, 0.1) is 11.8 Å². The summed E-state index contributed by atoms with van der Waals surface area (Å²) in [6.07, 6.45) is 5.10. The maximum Gasteiger partial charge on any atom is 0.270 e. The Morgan fingerprint density at radius 2 is 1.89 bits per heavy atom. The summed E-state index contributed by atoms with van der Waals surface area (Å²) in [5, 5.41) is 6.10. The monoisotopic (exact) mass is 261 g/mol. The molecule has 1 aromatic rings. The lowest BCUT2D eigenvalue weighted by Gasteiger charge is -2.31. The molecular formula is C15H23N3O. The summed E-state index contributed by atoms with van der Waals surface area (Å²) in [7, 11) is 1.83. The van der Waals surface area contributed by atoms with E-state index in [0.717, 1.165) is 18.5 Å². The molecule has 2 unspecified atom stereocenters. The van der Waals surface area contributed by atoms with E-state index in [-0.39, 0.29) is 11.9 Å². The van der Waals surface area contributed by atoms with Gasteiger partial charge in [-0.25, -0.2) is 4.98 Å². The zero-order chi connectivity index (χ0) is 13.8. The van der Waals surface area contributed by atoms with Crippen LogP contribution in [0.5, 0.6) is 0 Å². The fourth-order valence-corrected chi connectivity index (χ4v) is 3.00. The predicted octanol–water partition coefficient (Wildman–Crippen LogP) is 2.68. The van der Waals surface area contributed by atoms with Gasteiger partial charge in [-0.3, -0.25) is 4.79 Å². The van der Waals surface area contributed by atoms with Gasteiger partial charge >= 0.3 is 0 Å². The highest BCUT2D eigenvalue weighted by molar-refractivity contribution is 5.92. The van der Waals surface area contributed by atoms with Gasteiger partial charge in [-0.1, -0.05) is 13.8 Å². The molecule has 104 valence electrons. The van der Waals surface area contributed by atoms with Gasteiger partial charge in [0.15, 0.2) is 0 Å². The van der Waals surface area contributed by atoms with E-state index in [1.54, 1.807) is 12.3 Å². The van der Waals surface area contributed by atoms with Crippen molar-refractivity contribution >= 4 is 11.6 Å². The van der Waals surface area contributed by atoms with Gasteiger partial charge in [0.1, 0.15) is 5.69 Å². The normalized spacial score (nSPS) is 26.8. The van der Waals surface area contributed by atoms with E-state index in [0.29, 0.717) is 17.5 Å². The van der Waals surface area contributed by atoms with E-state index >= 15 is 0 Å². The van der Waals surface area contributed by atoms with Crippen LogP contribution in [0.25, 0.3) is 0 Å². The molecule has 1 aliphatic carbocycles. The zero-order valence-corrected chi connectivity index (χ0v) is 11.9. The van der Waals surface area contributed by atoms with Crippen molar-refractivity contribution < 1.29 is 4.79 Å². The average Bonchev–Trinajstić information content (AvgIpc) is 2.37. The Balaban J connectivity index is 1.96. The number of nitrogens with zero attached hydrogens (tertiary/aromatic N) is 1. The molecule has 1 aromatic heterocycles. The molecule has 0 spiro atoms. The summed E-state index contributed by atoms with van der Waals surface area (Å²) in [6.45, 7) is 4.52. The molecule has 2 rings (SSSR count). The second kappa shape index (κ2) is 6.04. The number of nitrogens with one attached hydrogen (secondary N) is 2. The Morgan fingerprint density at radius 3 is 2.42 bits per heavy atom. The molecule has 19 heavy (non-hydrogen) atoms. The van der Waals surface area contributed by atoms with Crippen molar-refractivity contribution in [3.8, 4) is 0 Å². The number of rotatable bonds is 3. The second-order valence-electron chi connectivity index (χ2n) is 5.77. The highest BCUT2D eigenvalue weighted by Crippen LogP contribution is 2.28. The molecule has 0 aliphatic heterocycles. The van der Waals surface area contributed by atoms with Crippen molar-refractivity contribution in [2.75, 3.05) is 12.4 Å². The SMILES string of the molecule is CNc1ccc(C(=O)NC2CC(C)CC(C)C2)nc1. The van der Waals surface area contributed by atoms with Crippen LogP contribution in [-0.2, 0) is 0 Å². The molecule has 1 saturated carbocycles. The Bertz CT molecular complexity index is 420. The van der Waals surface area contributed by atoms with Crippen molar-refractivity contribution in [1.82, 2.24) is 10.3 Å². The maximum absolute atomic E-state index is 12.1. The van der Waals surface area contributed by atoms with Gasteiger partial charge in [0.05, 0.1) is 11.9 Å². The third-order valence-corrected chi connectivity index (χ3v) is 3.80. The fraction of sp³-hybridized carbons (Fsp3) is 0.600. The molecule has 1 heterocycles. The summed E-state index contributed by atoms with van der Waals surface area (Å²) >= 11 is 0. The van der Waals surface area contributed by atoms with Crippen LogP contribution >= 0.6 is 0 Å². The minimum absolute atomic E-state index is 0.0612. The lowest BCUT2D eigenvalue weighted by molar-refractivity contribution is 0.0906. The summed E-state index contributed by atoms with van der Waals surface area (Å²) in [5.74, 6) is 1.32. The first kappa shape index (κ1) is 13.8. The molecule has 0 bridgehead atoms. The van der Waals surface area contributed by atoms with Crippen LogP contribution in [0.15, 0.2) is 18.3 Å². The average molecular weight is 261 g/mol. The van der Waals surface area contributed by atoms with Crippen LogP contribution in [0.3, 0.4) is 0 Å². The van der Waals surface area contributed by atoms with Crippen LogP contribution in [-0.4, -0.2) is 24.0 Å². The standard InChI is InChI=1S/C15H23N3O/c1-10-6-11(2)8-13(7-10)18-15(19)14-5-4-12(16-3)9-17-14/h4-5,9-11,13,16H,6-8H2,1-3H3,(H,18,19). The van der Waals surface area contributed by atoms with Gasteiger partial charge in [-0.2, -0.15) is 0 Å². The number of anilines is 1. The number of hydrogen-bond acceptors (Lipinski definition) is 3. The summed E-state index contributed by atoms with van der Waals surface area (Å²) < 4.78 is 0. The van der Waals surface area contributed by atoms with E-state index in [1.807, 2.05) is 13.1 Å². The first-order valence-electron chi connectivity index (χ1n) is 7.03. The lowest BCUT2D eigenvalue weighted by atomic mass is 9.80. The van der Waals surface area contributed by atoms with Crippen LogP contribution < -0.4 is 10.6 Å². The zero-order valence-electron chi connectivity index (χ0n) is 11.9. The molecule has 1 amide bonds. The molecule has 4 heteroatoms. The quantitative estimate of drug-likeness (QED) is 0.879. The first-order chi connectivity index (χ1) is 9.08. The number of carbonyl (C=O) groups excluding carboxylic acids is 1. The fourth-order valence-electron chi connectivity index (χ4n) is 3.00. The van der Waals surface area contributed by atoms with Crippen molar-refractivity contribution in [3.63, 3.8) is 0 Å². The Labute approximate surface area is 115 Å². The van der Waals surface area contributed by atoms with Gasteiger partial charge in [0.2, 0.25) is 0 Å². The van der Waals surface area contributed by atoms with Gasteiger partial charge in [-0.15, -0.1) is 0 Å². The minimum Gasteiger partial charge on any atom is -0.387 e. The largest absolute Gasteiger partial charge is 0.387 e. The van der Waals surface area contributed by atoms with E-state index in [2.05, 4.69) is 29.5 Å². The summed E-state index contributed by atoms with van der Waals surface area (Å²) in [6, 6.07) is 3.92. The van der Waals surface area contributed by atoms with Crippen molar-refractivity contribution in [2.24, 2.45) is 11.8 Å². The van der Waals surface area contributed by atoms with Gasteiger partial charge in [0, 0.05) is 13.1 Å². The van der Waals surface area contributed by atoms with E-state index in [9.17, 15) is 4.79 Å². The highest BCUT2D eigenvalue weighted by atomic mass is 16.1. The van der Waals surface area contributed by atoms with Crippen molar-refractivity contribution in [3.05, 3.63) is 24.0 Å². The maximum atomic E-state index is 12.1. The second-order valence-corrected chi connectivity index (χ2v) is 5.77. The third-order valence-electron chi connectivity index (χ3n) is 3.80. The molecule has 0 aromatic carbocycles. The Morgan fingerprint density at radius 1 is 1.21 bits per heavy atom. The van der Waals surface area contributed by atoms with Gasteiger partial charge in [-0.05, 0) is 43.2 Å². The molecule has 2 N–H and O–H groups in total. The van der Waals surface area contributed by atoms with Crippen LogP contribution in [0.2, 0.25) is 0 Å². The molecule has 0 radical (unpaired) electrons. The van der Waals surface area contributed by atoms with Crippen molar-refractivity contribution in [2.45, 2.75) is 39.2 Å². The Kier molecular flexibility index (Phi) is 4.40. The summed E-state index contributed by atoms with van der Waals surface area (Å²) in [4.78, 5) is 16.3. The number of aromatic nitrogens is 1. The summed E-state index contributed by atoms with van der Waals surface area (Å²) in [5.41, 5.74) is 1.40. The number of amides is 1. The van der Waals surface area contributed by atoms with E-state index in [1.165, 1.54) is 6.42 Å². The minimum atomic E-state index is -0.0612. The Hall–Kier alpha value is -1.58. The van der Waals surface area contributed by atoms with Gasteiger partial charge < -0.3 is 10.6 Å². The topological polar surface area (TPSA) is 54.0 Å². The molecule has 4 nitrogen and oxygen atoms in total.